The highest BCUT2D eigenvalue weighted by molar-refractivity contribution is 7.97. The number of carbonyl (C=O) groups is 1. The van der Waals surface area contributed by atoms with E-state index in [2.05, 4.69) is 91.0 Å². The van der Waals surface area contributed by atoms with Crippen LogP contribution in [0.2, 0.25) is 0 Å². The summed E-state index contributed by atoms with van der Waals surface area (Å²) in [5.74, 6) is -0.972. The van der Waals surface area contributed by atoms with E-state index >= 15 is 0 Å². The first kappa shape index (κ1) is 20.8. The fraction of sp³-hybridized carbons (Fsp3) is 0.208. The monoisotopic (exact) mass is 378 g/mol. The summed E-state index contributed by atoms with van der Waals surface area (Å²) in [6.07, 6.45) is 0.620. The predicted molar refractivity (Wildman–Crippen MR) is 111 cm³/mol. The predicted octanol–water partition coefficient (Wildman–Crippen LogP) is 4.95. The van der Waals surface area contributed by atoms with Gasteiger partial charge in [0.05, 0.1) is 10.9 Å². The Morgan fingerprint density at radius 1 is 0.741 bits per heavy atom. The Morgan fingerprint density at radius 3 is 1.22 bits per heavy atom. The second-order valence-corrected chi connectivity index (χ2v) is 8.80. The molecule has 0 aliphatic rings. The van der Waals surface area contributed by atoms with Gasteiger partial charge in [0.1, 0.15) is 0 Å². The minimum absolute atomic E-state index is 0.0146. The lowest BCUT2D eigenvalue weighted by atomic mass is 9.91. The topological polar surface area (TPSA) is 40.1 Å². The molecule has 0 aliphatic carbocycles. The second-order valence-electron chi connectivity index (χ2n) is 6.77. The van der Waals surface area contributed by atoms with Crippen LogP contribution in [-0.2, 0) is 15.7 Å². The molecule has 0 heterocycles. The molecule has 0 fully saturated rings. The van der Waals surface area contributed by atoms with Gasteiger partial charge in [-0.2, -0.15) is 0 Å². The molecule has 3 heteroatoms. The first-order valence-corrected chi connectivity index (χ1v) is 10.3. The van der Waals surface area contributed by atoms with E-state index < -0.39 is 11.4 Å². The molecule has 0 spiro atoms. The molecular formula is C24H26O2S. The van der Waals surface area contributed by atoms with Crippen molar-refractivity contribution in [3.05, 3.63) is 91.0 Å². The first-order chi connectivity index (χ1) is 13.0. The van der Waals surface area contributed by atoms with E-state index in [9.17, 15) is 9.90 Å². The number of hydrogen-bond donors (Lipinski definition) is 0. The third-order valence-electron chi connectivity index (χ3n) is 4.37. The van der Waals surface area contributed by atoms with Crippen molar-refractivity contribution in [2.75, 3.05) is 0 Å². The van der Waals surface area contributed by atoms with Crippen LogP contribution in [0.5, 0.6) is 0 Å². The van der Waals surface area contributed by atoms with Gasteiger partial charge in [-0.25, -0.2) is 0 Å². The van der Waals surface area contributed by atoms with Gasteiger partial charge in [-0.15, -0.1) is 0 Å². The maximum atomic E-state index is 10.1. The summed E-state index contributed by atoms with van der Waals surface area (Å²) < 4.78 is 0. The maximum Gasteiger partial charge on any atom is 0.166 e. The molecule has 3 rings (SSSR count). The molecule has 0 atom stereocenters. The quantitative estimate of drug-likeness (QED) is 0.589. The lowest BCUT2D eigenvalue weighted by Crippen LogP contribution is -2.37. The van der Waals surface area contributed by atoms with Gasteiger partial charge in [-0.3, -0.25) is 0 Å². The van der Waals surface area contributed by atoms with Crippen molar-refractivity contribution >= 4 is 16.9 Å². The molecule has 0 aromatic heterocycles. The Bertz CT molecular complexity index is 721. The van der Waals surface area contributed by atoms with Gasteiger partial charge in [0.25, 0.3) is 0 Å². The highest BCUT2D eigenvalue weighted by Crippen LogP contribution is 2.30. The Morgan fingerprint density at radius 2 is 1.04 bits per heavy atom. The van der Waals surface area contributed by atoms with Gasteiger partial charge in [0.15, 0.2) is 14.7 Å². The van der Waals surface area contributed by atoms with Crippen LogP contribution in [0.15, 0.2) is 106 Å². The average molecular weight is 379 g/mol. The minimum Gasteiger partial charge on any atom is -0.550 e. The largest absolute Gasteiger partial charge is 0.550 e. The Hall–Kier alpha value is -2.52. The van der Waals surface area contributed by atoms with Gasteiger partial charge < -0.3 is 9.90 Å². The van der Waals surface area contributed by atoms with Crippen LogP contribution in [0.3, 0.4) is 0 Å². The molecule has 0 saturated carbocycles. The van der Waals surface area contributed by atoms with E-state index in [-0.39, 0.29) is 10.9 Å². The summed E-state index contributed by atoms with van der Waals surface area (Å²) in [5.41, 5.74) is -0.653. The molecule has 0 aliphatic heterocycles. The van der Waals surface area contributed by atoms with Crippen LogP contribution in [0, 0.1) is 5.41 Å². The summed E-state index contributed by atoms with van der Waals surface area (Å²) in [6, 6.07) is 32.2. The lowest BCUT2D eigenvalue weighted by Gasteiger charge is -2.22. The summed E-state index contributed by atoms with van der Waals surface area (Å²) in [4.78, 5) is 14.2. The van der Waals surface area contributed by atoms with Crippen LogP contribution in [0.1, 0.15) is 27.2 Å². The zero-order valence-corrected chi connectivity index (χ0v) is 16.9. The molecule has 2 nitrogen and oxygen atoms in total. The Labute approximate surface area is 165 Å². The SMILES string of the molecule is CCC(C)(C)C(=O)[O-].c1ccc([S+](c2ccccc2)c2ccccc2)cc1. The highest BCUT2D eigenvalue weighted by atomic mass is 32.2. The van der Waals surface area contributed by atoms with Crippen molar-refractivity contribution in [3.8, 4) is 0 Å². The Kier molecular flexibility index (Phi) is 7.68. The van der Waals surface area contributed by atoms with Crippen LogP contribution in [0.4, 0.5) is 0 Å². The van der Waals surface area contributed by atoms with Crippen molar-refractivity contribution in [1.82, 2.24) is 0 Å². The number of carboxylic acids is 1. The molecule has 27 heavy (non-hydrogen) atoms. The average Bonchev–Trinajstić information content (AvgIpc) is 2.71. The lowest BCUT2D eigenvalue weighted by molar-refractivity contribution is -0.317. The zero-order chi connectivity index (χ0) is 19.7. The van der Waals surface area contributed by atoms with E-state index in [0.29, 0.717) is 6.42 Å². The summed E-state index contributed by atoms with van der Waals surface area (Å²) in [7, 11) is -0.0146. The standard InChI is InChI=1S/C18H15S.C6H12O2/c1-4-10-16(11-5-1)19(17-12-6-2-7-13-17)18-14-8-3-9-15-18;1-4-6(2,3)5(7)8/h1-15H;4H2,1-3H3,(H,7,8)/q+1;/p-1. The summed E-state index contributed by atoms with van der Waals surface area (Å²) in [5, 5.41) is 10.1. The molecule has 0 unspecified atom stereocenters. The van der Waals surface area contributed by atoms with Crippen molar-refractivity contribution < 1.29 is 9.90 Å². The molecule has 0 N–H and O–H groups in total. The molecule has 0 saturated heterocycles. The number of aliphatic carboxylic acids is 1. The van der Waals surface area contributed by atoms with Gasteiger partial charge in [0, 0.05) is 11.4 Å². The normalized spacial score (nSPS) is 10.8. The maximum absolute atomic E-state index is 10.1. The van der Waals surface area contributed by atoms with Crippen LogP contribution in [0.25, 0.3) is 0 Å². The molecule has 0 amide bonds. The smallest absolute Gasteiger partial charge is 0.166 e. The fourth-order valence-electron chi connectivity index (χ4n) is 2.22. The molecular weight excluding hydrogens is 352 g/mol. The molecule has 140 valence electrons. The van der Waals surface area contributed by atoms with Crippen molar-refractivity contribution in [2.24, 2.45) is 5.41 Å². The summed E-state index contributed by atoms with van der Waals surface area (Å²) >= 11 is 0. The number of hydrogen-bond acceptors (Lipinski definition) is 2. The van der Waals surface area contributed by atoms with E-state index in [1.807, 2.05) is 6.92 Å². The Balaban J connectivity index is 0.000000279. The number of rotatable bonds is 5. The van der Waals surface area contributed by atoms with E-state index in [1.165, 1.54) is 14.7 Å². The fourth-order valence-corrected chi connectivity index (χ4v) is 4.33. The first-order valence-electron chi connectivity index (χ1n) is 9.06. The van der Waals surface area contributed by atoms with Crippen molar-refractivity contribution in [2.45, 2.75) is 41.9 Å². The van der Waals surface area contributed by atoms with Gasteiger partial charge >= 0.3 is 0 Å². The molecule has 3 aromatic rings. The van der Waals surface area contributed by atoms with E-state index in [4.69, 9.17) is 0 Å². The summed E-state index contributed by atoms with van der Waals surface area (Å²) in [6.45, 7) is 5.14. The molecule has 0 bridgehead atoms. The van der Waals surface area contributed by atoms with Crippen LogP contribution in [-0.4, -0.2) is 5.97 Å². The van der Waals surface area contributed by atoms with Gasteiger partial charge in [-0.1, -0.05) is 75.4 Å². The molecule has 0 radical (unpaired) electrons. The van der Waals surface area contributed by atoms with Crippen molar-refractivity contribution in [3.63, 3.8) is 0 Å². The van der Waals surface area contributed by atoms with E-state index in [0.717, 1.165) is 0 Å². The van der Waals surface area contributed by atoms with Crippen molar-refractivity contribution in [1.29, 1.82) is 0 Å². The van der Waals surface area contributed by atoms with Gasteiger partial charge in [-0.05, 0) is 42.8 Å². The number of benzene rings is 3. The highest BCUT2D eigenvalue weighted by Gasteiger charge is 2.27. The number of carboxylic acid groups (broad SMARTS) is 1. The van der Waals surface area contributed by atoms with E-state index in [1.54, 1.807) is 13.8 Å². The zero-order valence-electron chi connectivity index (χ0n) is 16.1. The molecule has 3 aromatic carbocycles. The number of carbonyl (C=O) groups excluding carboxylic acids is 1. The third-order valence-corrected chi connectivity index (χ3v) is 6.60. The second kappa shape index (κ2) is 9.98. The van der Waals surface area contributed by atoms with Crippen LogP contribution < -0.4 is 5.11 Å². The van der Waals surface area contributed by atoms with Crippen LogP contribution >= 0.6 is 0 Å². The van der Waals surface area contributed by atoms with Gasteiger partial charge in [0.2, 0.25) is 0 Å². The minimum atomic E-state index is -0.972. The third kappa shape index (κ3) is 6.00.